The molecular formula is C18H20ClN5S. The number of hydrogen-bond donors (Lipinski definition) is 1. The molecule has 1 aromatic carbocycles. The van der Waals surface area contributed by atoms with E-state index in [1.54, 1.807) is 18.1 Å². The van der Waals surface area contributed by atoms with E-state index in [4.69, 9.17) is 11.6 Å². The number of anilines is 1. The van der Waals surface area contributed by atoms with Crippen molar-refractivity contribution in [3.05, 3.63) is 41.6 Å². The molecule has 3 aromatic rings. The highest BCUT2D eigenvalue weighted by Gasteiger charge is 2.24. The lowest BCUT2D eigenvalue weighted by molar-refractivity contribution is 0.336. The van der Waals surface area contributed by atoms with E-state index in [0.29, 0.717) is 11.1 Å². The maximum absolute atomic E-state index is 6.42. The molecule has 1 unspecified atom stereocenters. The highest BCUT2D eigenvalue weighted by Crippen LogP contribution is 2.31. The monoisotopic (exact) mass is 373 g/mol. The number of piperazine rings is 1. The Kier molecular flexibility index (Phi) is 4.58. The summed E-state index contributed by atoms with van der Waals surface area (Å²) in [4.78, 5) is 14.9. The summed E-state index contributed by atoms with van der Waals surface area (Å²) in [6, 6.07) is 10.5. The van der Waals surface area contributed by atoms with Gasteiger partial charge in [-0.25, -0.2) is 14.3 Å². The van der Waals surface area contributed by atoms with E-state index >= 15 is 0 Å². The molecule has 1 aliphatic rings. The van der Waals surface area contributed by atoms with E-state index in [1.807, 2.05) is 30.3 Å². The maximum atomic E-state index is 6.42. The van der Waals surface area contributed by atoms with Crippen molar-refractivity contribution in [1.29, 1.82) is 0 Å². The van der Waals surface area contributed by atoms with Crippen LogP contribution in [0.4, 0.5) is 5.82 Å². The third-order valence-corrected chi connectivity index (χ3v) is 5.92. The summed E-state index contributed by atoms with van der Waals surface area (Å²) in [5.74, 6) is 1.73. The first-order valence-corrected chi connectivity index (χ1v) is 9.88. The molecule has 2 aromatic heterocycles. The lowest BCUT2D eigenvalue weighted by atomic mass is 10.2. The van der Waals surface area contributed by atoms with Gasteiger partial charge in [0.05, 0.1) is 16.1 Å². The predicted molar refractivity (Wildman–Crippen MR) is 106 cm³/mol. The normalized spacial score (nSPS) is 18.8. The van der Waals surface area contributed by atoms with Crippen LogP contribution < -0.4 is 4.90 Å². The van der Waals surface area contributed by atoms with E-state index in [1.165, 1.54) is 0 Å². The number of rotatable bonds is 3. The fourth-order valence-electron chi connectivity index (χ4n) is 3.28. The molecule has 1 fully saturated rings. The van der Waals surface area contributed by atoms with Gasteiger partial charge in [-0.2, -0.15) is 0 Å². The highest BCUT2D eigenvalue weighted by atomic mass is 35.5. The fourth-order valence-corrected chi connectivity index (χ4v) is 4.17. The highest BCUT2D eigenvalue weighted by molar-refractivity contribution is 7.96. The van der Waals surface area contributed by atoms with Gasteiger partial charge < -0.3 is 9.88 Å². The van der Waals surface area contributed by atoms with Crippen molar-refractivity contribution < 1.29 is 0 Å². The van der Waals surface area contributed by atoms with Crippen LogP contribution in [0.3, 0.4) is 0 Å². The van der Waals surface area contributed by atoms with Gasteiger partial charge in [0, 0.05) is 37.4 Å². The number of imidazole rings is 1. The summed E-state index contributed by atoms with van der Waals surface area (Å²) in [6.45, 7) is 5.18. The number of nitrogens with one attached hydrogen (secondary N) is 1. The first kappa shape index (κ1) is 16.7. The molecule has 0 radical (unpaired) electrons. The van der Waals surface area contributed by atoms with Crippen LogP contribution in [0.1, 0.15) is 6.92 Å². The molecule has 0 saturated carbocycles. The van der Waals surface area contributed by atoms with Crippen LogP contribution in [0.2, 0.25) is 5.02 Å². The van der Waals surface area contributed by atoms with E-state index in [9.17, 15) is 0 Å². The second kappa shape index (κ2) is 6.86. The summed E-state index contributed by atoms with van der Waals surface area (Å²) < 4.78 is 2.41. The fraction of sp³-hybridized carbons (Fsp3) is 0.333. The summed E-state index contributed by atoms with van der Waals surface area (Å²) in [7, 11) is 0. The Hall–Kier alpha value is -1.76. The van der Waals surface area contributed by atoms with Crippen molar-refractivity contribution >= 4 is 40.4 Å². The average Bonchev–Trinajstić information content (AvgIpc) is 3.06. The average molecular weight is 374 g/mol. The molecule has 7 heteroatoms. The standard InChI is InChI=1S/C18H20ClN5S/c1-12-11-23(7-8-24(12)25-2)17-9-13(14(19)10-20-17)18-21-15-5-3-4-6-16(15)22-18/h3-6,9-10,12H,7-8,11H2,1-2H3,(H,21,22). The molecule has 0 bridgehead atoms. The number of benzene rings is 1. The van der Waals surface area contributed by atoms with Crippen LogP contribution in [-0.4, -0.2) is 51.2 Å². The third-order valence-electron chi connectivity index (χ3n) is 4.61. The van der Waals surface area contributed by atoms with Crippen LogP contribution >= 0.6 is 23.5 Å². The zero-order valence-corrected chi connectivity index (χ0v) is 15.8. The van der Waals surface area contributed by atoms with Gasteiger partial charge in [-0.15, -0.1) is 0 Å². The van der Waals surface area contributed by atoms with E-state index in [-0.39, 0.29) is 0 Å². The second-order valence-electron chi connectivity index (χ2n) is 6.24. The van der Waals surface area contributed by atoms with Crippen molar-refractivity contribution in [2.24, 2.45) is 0 Å². The van der Waals surface area contributed by atoms with Gasteiger partial charge in [0.2, 0.25) is 0 Å². The molecule has 25 heavy (non-hydrogen) atoms. The number of aromatic amines is 1. The van der Waals surface area contributed by atoms with Gasteiger partial charge in [-0.1, -0.05) is 35.7 Å². The first-order valence-electron chi connectivity index (χ1n) is 8.32. The number of fused-ring (bicyclic) bond motifs is 1. The van der Waals surface area contributed by atoms with Gasteiger partial charge in [-0.05, 0) is 31.4 Å². The molecule has 4 rings (SSSR count). The second-order valence-corrected chi connectivity index (χ2v) is 7.48. The molecular weight excluding hydrogens is 354 g/mol. The summed E-state index contributed by atoms with van der Waals surface area (Å²) >= 11 is 8.23. The maximum Gasteiger partial charge on any atom is 0.140 e. The van der Waals surface area contributed by atoms with Crippen molar-refractivity contribution in [1.82, 2.24) is 19.3 Å². The Balaban J connectivity index is 1.67. The topological polar surface area (TPSA) is 48.0 Å². The van der Waals surface area contributed by atoms with Gasteiger partial charge in [-0.3, -0.25) is 0 Å². The number of pyridine rings is 1. The summed E-state index contributed by atoms with van der Waals surface area (Å²) in [5.41, 5.74) is 2.84. The van der Waals surface area contributed by atoms with E-state index < -0.39 is 0 Å². The molecule has 3 heterocycles. The van der Waals surface area contributed by atoms with Crippen molar-refractivity contribution in [3.8, 4) is 11.4 Å². The molecule has 0 aliphatic carbocycles. The first-order chi connectivity index (χ1) is 12.2. The minimum Gasteiger partial charge on any atom is -0.354 e. The predicted octanol–water partition coefficient (Wildman–Crippen LogP) is 4.07. The molecule has 0 spiro atoms. The lowest BCUT2D eigenvalue weighted by Crippen LogP contribution is -2.49. The zero-order valence-electron chi connectivity index (χ0n) is 14.2. The zero-order chi connectivity index (χ0) is 17.4. The number of para-hydroxylation sites is 2. The van der Waals surface area contributed by atoms with Crippen LogP contribution in [0, 0.1) is 0 Å². The Morgan fingerprint density at radius 1 is 1.28 bits per heavy atom. The molecule has 0 amide bonds. The lowest BCUT2D eigenvalue weighted by Gasteiger charge is -2.39. The third kappa shape index (κ3) is 3.21. The van der Waals surface area contributed by atoms with Crippen LogP contribution in [0.15, 0.2) is 36.5 Å². The number of hydrogen-bond acceptors (Lipinski definition) is 5. The molecule has 5 nitrogen and oxygen atoms in total. The van der Waals surface area contributed by atoms with Crippen LogP contribution in [-0.2, 0) is 0 Å². The SMILES string of the molecule is CSN1CCN(c2cc(-c3nc4ccccc4[nH]3)c(Cl)cn2)CC1C. The number of H-pyrrole nitrogens is 1. The summed E-state index contributed by atoms with van der Waals surface area (Å²) in [5, 5.41) is 0.610. The molecule has 1 atom stereocenters. The number of nitrogens with zero attached hydrogens (tertiary/aromatic N) is 4. The Morgan fingerprint density at radius 2 is 2.12 bits per heavy atom. The number of aromatic nitrogens is 3. The molecule has 130 valence electrons. The molecule has 1 aliphatic heterocycles. The Labute approximate surface area is 156 Å². The number of halogens is 1. The Bertz CT molecular complexity index is 863. The van der Waals surface area contributed by atoms with Gasteiger partial charge in [0.15, 0.2) is 0 Å². The minimum atomic E-state index is 0.482. The van der Waals surface area contributed by atoms with Crippen LogP contribution in [0.25, 0.3) is 22.4 Å². The van der Waals surface area contributed by atoms with Crippen LogP contribution in [0.5, 0.6) is 0 Å². The Morgan fingerprint density at radius 3 is 2.88 bits per heavy atom. The van der Waals surface area contributed by atoms with E-state index in [2.05, 4.69) is 37.3 Å². The van der Waals surface area contributed by atoms with Crippen molar-refractivity contribution in [3.63, 3.8) is 0 Å². The quantitative estimate of drug-likeness (QED) is 0.701. The minimum absolute atomic E-state index is 0.482. The van der Waals surface area contributed by atoms with Crippen molar-refractivity contribution in [2.45, 2.75) is 13.0 Å². The molecule has 1 saturated heterocycles. The van der Waals surface area contributed by atoms with Gasteiger partial charge in [0.25, 0.3) is 0 Å². The van der Waals surface area contributed by atoms with Crippen molar-refractivity contribution in [2.75, 3.05) is 30.8 Å². The van der Waals surface area contributed by atoms with Gasteiger partial charge in [0.1, 0.15) is 11.6 Å². The van der Waals surface area contributed by atoms with Gasteiger partial charge >= 0.3 is 0 Å². The largest absolute Gasteiger partial charge is 0.354 e. The molecule has 1 N–H and O–H groups in total. The van der Waals surface area contributed by atoms with E-state index in [0.717, 1.165) is 47.9 Å². The smallest absolute Gasteiger partial charge is 0.140 e. The summed E-state index contributed by atoms with van der Waals surface area (Å²) in [6.07, 6.45) is 3.86.